The van der Waals surface area contributed by atoms with Gasteiger partial charge in [-0.25, -0.2) is 9.37 Å². The third-order valence-electron chi connectivity index (χ3n) is 4.34. The monoisotopic (exact) mass is 359 g/mol. The third-order valence-corrected chi connectivity index (χ3v) is 5.11. The number of carbonyl (C=O) groups is 1. The largest absolute Gasteiger partial charge is 0.374 e. The number of carbonyl (C=O) groups excluding carboxylic acids is 1. The van der Waals surface area contributed by atoms with Crippen molar-refractivity contribution in [1.29, 1.82) is 0 Å². The van der Waals surface area contributed by atoms with Crippen LogP contribution in [0.2, 0.25) is 0 Å². The molecule has 4 rings (SSSR count). The van der Waals surface area contributed by atoms with E-state index in [1.54, 1.807) is 23.5 Å². The summed E-state index contributed by atoms with van der Waals surface area (Å²) in [5, 5.41) is 1.97. The van der Waals surface area contributed by atoms with Gasteiger partial charge in [0.15, 0.2) is 4.96 Å². The van der Waals surface area contributed by atoms with E-state index in [9.17, 15) is 9.18 Å². The Morgan fingerprint density at radius 2 is 2.20 bits per heavy atom. The normalized spacial score (nSPS) is 18.0. The highest BCUT2D eigenvalue weighted by molar-refractivity contribution is 7.15. The number of benzene rings is 1. The highest BCUT2D eigenvalue weighted by Gasteiger charge is 2.25. The molecule has 1 unspecified atom stereocenters. The van der Waals surface area contributed by atoms with Crippen LogP contribution in [0.4, 0.5) is 4.39 Å². The van der Waals surface area contributed by atoms with Gasteiger partial charge in [-0.05, 0) is 17.7 Å². The van der Waals surface area contributed by atoms with Crippen molar-refractivity contribution in [3.8, 4) is 0 Å². The molecule has 0 bridgehead atoms. The van der Waals surface area contributed by atoms with Gasteiger partial charge in [0, 0.05) is 37.3 Å². The summed E-state index contributed by atoms with van der Waals surface area (Å²) in [5.41, 5.74) is 1.80. The highest BCUT2D eigenvalue weighted by atomic mass is 32.1. The van der Waals surface area contributed by atoms with Crippen LogP contribution in [0.3, 0.4) is 0 Å². The SMILES string of the molecule is O=C(Cc1cn2ccsc2n1)N1CCOC(Cc2ccc(F)cc2)C1. The zero-order valence-electron chi connectivity index (χ0n) is 13.6. The minimum atomic E-state index is -0.245. The Morgan fingerprint density at radius 1 is 1.36 bits per heavy atom. The van der Waals surface area contributed by atoms with Gasteiger partial charge in [0.05, 0.1) is 24.8 Å². The molecule has 2 aromatic heterocycles. The van der Waals surface area contributed by atoms with E-state index in [0.717, 1.165) is 16.2 Å². The molecule has 1 aliphatic heterocycles. The zero-order chi connectivity index (χ0) is 17.2. The van der Waals surface area contributed by atoms with Gasteiger partial charge in [-0.3, -0.25) is 9.20 Å². The number of halogens is 1. The van der Waals surface area contributed by atoms with Crippen LogP contribution in [0.15, 0.2) is 42.0 Å². The second-order valence-corrected chi connectivity index (χ2v) is 7.04. The molecule has 1 atom stereocenters. The molecule has 1 amide bonds. The summed E-state index contributed by atoms with van der Waals surface area (Å²) < 4.78 is 20.7. The van der Waals surface area contributed by atoms with Gasteiger partial charge < -0.3 is 9.64 Å². The molecule has 130 valence electrons. The van der Waals surface area contributed by atoms with E-state index in [4.69, 9.17) is 4.74 Å². The molecule has 1 aliphatic rings. The Bertz CT molecular complexity index is 845. The lowest BCUT2D eigenvalue weighted by Crippen LogP contribution is -2.46. The van der Waals surface area contributed by atoms with Gasteiger partial charge in [0.1, 0.15) is 5.82 Å². The number of rotatable bonds is 4. The van der Waals surface area contributed by atoms with Crippen molar-refractivity contribution in [2.75, 3.05) is 19.7 Å². The lowest BCUT2D eigenvalue weighted by molar-refractivity contribution is -0.138. The molecule has 0 N–H and O–H groups in total. The Morgan fingerprint density at radius 3 is 3.00 bits per heavy atom. The maximum Gasteiger partial charge on any atom is 0.228 e. The number of thiazole rings is 1. The minimum Gasteiger partial charge on any atom is -0.374 e. The molecule has 3 aromatic rings. The van der Waals surface area contributed by atoms with Gasteiger partial charge in [-0.2, -0.15) is 0 Å². The van der Waals surface area contributed by atoms with Gasteiger partial charge in [-0.15, -0.1) is 11.3 Å². The fourth-order valence-corrected chi connectivity index (χ4v) is 3.80. The molecule has 1 fully saturated rings. The summed E-state index contributed by atoms with van der Waals surface area (Å²) in [5.74, 6) is -0.178. The van der Waals surface area contributed by atoms with Gasteiger partial charge in [0.25, 0.3) is 0 Å². The van der Waals surface area contributed by atoms with Crippen molar-refractivity contribution in [2.45, 2.75) is 18.9 Å². The number of hydrogen-bond acceptors (Lipinski definition) is 4. The Kier molecular flexibility index (Phi) is 4.50. The van der Waals surface area contributed by atoms with Crippen molar-refractivity contribution in [2.24, 2.45) is 0 Å². The molecule has 7 heteroatoms. The van der Waals surface area contributed by atoms with Crippen molar-refractivity contribution < 1.29 is 13.9 Å². The van der Waals surface area contributed by atoms with Crippen molar-refractivity contribution in [1.82, 2.24) is 14.3 Å². The first-order valence-corrected chi connectivity index (χ1v) is 9.10. The summed E-state index contributed by atoms with van der Waals surface area (Å²) in [6, 6.07) is 6.42. The maximum absolute atomic E-state index is 13.0. The van der Waals surface area contributed by atoms with Crippen LogP contribution < -0.4 is 0 Å². The molecule has 25 heavy (non-hydrogen) atoms. The predicted molar refractivity (Wildman–Crippen MR) is 93.2 cm³/mol. The number of morpholine rings is 1. The van der Waals surface area contributed by atoms with Gasteiger partial charge >= 0.3 is 0 Å². The Labute approximate surface area is 148 Å². The fraction of sp³-hybridized carbons (Fsp3) is 0.333. The standard InChI is InChI=1S/C18H18FN3O2S/c19-14-3-1-13(2-4-14)9-16-12-21(5-7-24-16)17(23)10-15-11-22-6-8-25-18(22)20-15/h1-4,6,8,11,16H,5,7,9-10,12H2. The molecule has 0 aliphatic carbocycles. The summed E-state index contributed by atoms with van der Waals surface area (Å²) >= 11 is 1.55. The van der Waals surface area contributed by atoms with Crippen LogP contribution in [0.5, 0.6) is 0 Å². The lowest BCUT2D eigenvalue weighted by atomic mass is 10.1. The van der Waals surface area contributed by atoms with E-state index in [-0.39, 0.29) is 17.8 Å². The summed E-state index contributed by atoms with van der Waals surface area (Å²) in [4.78, 5) is 19.8. The topological polar surface area (TPSA) is 46.8 Å². The lowest BCUT2D eigenvalue weighted by Gasteiger charge is -2.33. The summed E-state index contributed by atoms with van der Waals surface area (Å²) in [7, 11) is 0. The summed E-state index contributed by atoms with van der Waals surface area (Å²) in [6.07, 6.45) is 4.75. The number of aromatic nitrogens is 2. The molecule has 5 nitrogen and oxygen atoms in total. The second kappa shape index (κ2) is 6.93. The third kappa shape index (κ3) is 3.72. The van der Waals surface area contributed by atoms with Gasteiger partial charge in [0.2, 0.25) is 5.91 Å². The van der Waals surface area contributed by atoms with Crippen molar-refractivity contribution in [3.05, 3.63) is 59.1 Å². The molecular formula is C18H18FN3O2S. The first-order valence-electron chi connectivity index (χ1n) is 8.22. The molecule has 1 aromatic carbocycles. The van der Waals surface area contributed by atoms with Crippen molar-refractivity contribution >= 4 is 22.2 Å². The van der Waals surface area contributed by atoms with E-state index in [1.165, 1.54) is 12.1 Å². The van der Waals surface area contributed by atoms with Crippen LogP contribution >= 0.6 is 11.3 Å². The Balaban J connectivity index is 1.37. The molecule has 0 spiro atoms. The number of ether oxygens (including phenoxy) is 1. The molecular weight excluding hydrogens is 341 g/mol. The first-order chi connectivity index (χ1) is 12.2. The molecule has 1 saturated heterocycles. The van der Waals surface area contributed by atoms with Crippen LogP contribution in [0, 0.1) is 5.82 Å². The van der Waals surface area contributed by atoms with Crippen molar-refractivity contribution in [3.63, 3.8) is 0 Å². The predicted octanol–water partition coefficient (Wildman–Crippen LogP) is 2.55. The number of nitrogens with zero attached hydrogens (tertiary/aromatic N) is 3. The number of imidazole rings is 1. The van der Waals surface area contributed by atoms with E-state index in [1.807, 2.05) is 27.1 Å². The van der Waals surface area contributed by atoms with Gasteiger partial charge in [-0.1, -0.05) is 12.1 Å². The van der Waals surface area contributed by atoms with E-state index in [2.05, 4.69) is 4.98 Å². The van der Waals surface area contributed by atoms with Crippen LogP contribution in [-0.4, -0.2) is 46.0 Å². The maximum atomic E-state index is 13.0. The van der Waals surface area contributed by atoms with E-state index < -0.39 is 0 Å². The second-order valence-electron chi connectivity index (χ2n) is 6.17. The smallest absolute Gasteiger partial charge is 0.228 e. The van der Waals surface area contributed by atoms with Crippen LogP contribution in [0.25, 0.3) is 4.96 Å². The fourth-order valence-electron chi connectivity index (χ4n) is 3.08. The van der Waals surface area contributed by atoms with Crippen LogP contribution in [-0.2, 0) is 22.4 Å². The Hall–Kier alpha value is -2.25. The zero-order valence-corrected chi connectivity index (χ0v) is 14.4. The van der Waals surface area contributed by atoms with E-state index >= 15 is 0 Å². The minimum absolute atomic E-state index is 0.0614. The highest BCUT2D eigenvalue weighted by Crippen LogP contribution is 2.15. The average Bonchev–Trinajstić information content (AvgIpc) is 3.19. The van der Waals surface area contributed by atoms with E-state index in [0.29, 0.717) is 32.5 Å². The number of hydrogen-bond donors (Lipinski definition) is 0. The van der Waals surface area contributed by atoms with Crippen LogP contribution in [0.1, 0.15) is 11.3 Å². The molecule has 3 heterocycles. The summed E-state index contributed by atoms with van der Waals surface area (Å²) in [6.45, 7) is 1.68. The average molecular weight is 359 g/mol. The number of fused-ring (bicyclic) bond motifs is 1. The molecule has 0 radical (unpaired) electrons. The quantitative estimate of drug-likeness (QED) is 0.719. The first kappa shape index (κ1) is 16.2. The number of amides is 1. The molecule has 0 saturated carbocycles.